The first-order chi connectivity index (χ1) is 17.9. The van der Waals surface area contributed by atoms with Crippen LogP contribution in [0.3, 0.4) is 0 Å². The summed E-state index contributed by atoms with van der Waals surface area (Å²) in [7, 11) is 3.97. The second-order valence-electron chi connectivity index (χ2n) is 9.42. The van der Waals surface area contributed by atoms with Crippen molar-refractivity contribution in [2.24, 2.45) is 0 Å². The van der Waals surface area contributed by atoms with Crippen molar-refractivity contribution in [2.75, 3.05) is 32.5 Å². The first kappa shape index (κ1) is 24.9. The van der Waals surface area contributed by atoms with Crippen molar-refractivity contribution >= 4 is 39.0 Å². The summed E-state index contributed by atoms with van der Waals surface area (Å²) < 4.78 is 6.02. The fourth-order valence-corrected chi connectivity index (χ4v) is 5.42. The number of carbonyl (C=O) groups is 1. The number of aromatic nitrogens is 3. The molecule has 37 heavy (non-hydrogen) atoms. The number of likely N-dealkylation sites (N-methyl/N-ethyl adjacent to an activating group) is 1. The van der Waals surface area contributed by atoms with Crippen LogP contribution < -0.4 is 10.1 Å². The van der Waals surface area contributed by atoms with Gasteiger partial charge in [-0.1, -0.05) is 6.08 Å². The monoisotopic (exact) mass is 514 g/mol. The second kappa shape index (κ2) is 10.7. The van der Waals surface area contributed by atoms with E-state index in [1.54, 1.807) is 29.9 Å². The molecule has 0 saturated carbocycles. The molecular weight excluding hydrogens is 484 g/mol. The molecule has 0 aliphatic carbocycles. The lowest BCUT2D eigenvalue weighted by Crippen LogP contribution is -2.34. The van der Waals surface area contributed by atoms with Crippen LogP contribution in [0.4, 0.5) is 11.5 Å². The van der Waals surface area contributed by atoms with E-state index in [0.29, 0.717) is 18.8 Å². The lowest BCUT2D eigenvalue weighted by molar-refractivity contribution is -0.126. The zero-order valence-corrected chi connectivity index (χ0v) is 22.3. The number of nitrogens with one attached hydrogen (secondary N) is 1. The number of carbonyl (C=O) groups excluding carboxylic acids is 1. The Morgan fingerprint density at radius 1 is 1.19 bits per heavy atom. The molecule has 0 spiro atoms. The molecule has 5 rings (SSSR count). The highest BCUT2D eigenvalue weighted by Gasteiger charge is 2.25. The number of anilines is 2. The first-order valence-electron chi connectivity index (χ1n) is 12.2. The molecule has 1 aromatic carbocycles. The molecule has 1 aliphatic heterocycles. The number of thiophene rings is 1. The summed E-state index contributed by atoms with van der Waals surface area (Å²) in [4.78, 5) is 32.3. The molecule has 0 fully saturated rings. The number of fused-ring (bicyclic) bond motifs is 3. The van der Waals surface area contributed by atoms with Crippen LogP contribution in [0, 0.1) is 13.8 Å². The quantitative estimate of drug-likeness (QED) is 0.338. The van der Waals surface area contributed by atoms with Crippen LogP contribution >= 0.6 is 11.3 Å². The molecule has 1 amide bonds. The maximum atomic E-state index is 12.8. The number of benzene rings is 1. The molecule has 4 heterocycles. The predicted molar refractivity (Wildman–Crippen MR) is 148 cm³/mol. The van der Waals surface area contributed by atoms with Crippen LogP contribution in [0.15, 0.2) is 55.0 Å². The molecule has 0 saturated heterocycles. The zero-order chi connectivity index (χ0) is 25.9. The number of ether oxygens (including phenoxy) is 1. The Hall–Kier alpha value is -3.82. The van der Waals surface area contributed by atoms with E-state index in [0.717, 1.165) is 57.3 Å². The highest BCUT2D eigenvalue weighted by molar-refractivity contribution is 7.19. The number of hydrogen-bond donors (Lipinski definition) is 1. The smallest absolute Gasteiger partial charge is 0.246 e. The van der Waals surface area contributed by atoms with Gasteiger partial charge in [0.25, 0.3) is 0 Å². The third kappa shape index (κ3) is 5.63. The molecule has 9 heteroatoms. The highest BCUT2D eigenvalue weighted by Crippen LogP contribution is 2.38. The van der Waals surface area contributed by atoms with Crippen molar-refractivity contribution in [3.8, 4) is 11.5 Å². The minimum atomic E-state index is 0.0354. The summed E-state index contributed by atoms with van der Waals surface area (Å²) in [5.74, 6) is 2.25. The van der Waals surface area contributed by atoms with Crippen LogP contribution in [-0.4, -0.2) is 57.8 Å². The predicted octanol–water partition coefficient (Wildman–Crippen LogP) is 5.24. The van der Waals surface area contributed by atoms with Crippen LogP contribution in [0.2, 0.25) is 0 Å². The van der Waals surface area contributed by atoms with Gasteiger partial charge in [-0.05, 0) is 75.8 Å². The number of rotatable bonds is 7. The summed E-state index contributed by atoms with van der Waals surface area (Å²) >= 11 is 1.69. The van der Waals surface area contributed by atoms with Crippen molar-refractivity contribution in [1.29, 1.82) is 0 Å². The molecule has 0 bridgehead atoms. The fourth-order valence-electron chi connectivity index (χ4n) is 4.28. The van der Waals surface area contributed by atoms with E-state index in [1.807, 2.05) is 74.2 Å². The molecule has 0 unspecified atom stereocenters. The van der Waals surface area contributed by atoms with Crippen LogP contribution in [-0.2, 0) is 17.8 Å². The van der Waals surface area contributed by atoms with Crippen LogP contribution in [0.25, 0.3) is 10.2 Å². The molecule has 4 aromatic rings. The SMILES string of the molecule is Cc1ccc(Oc2ccc(Nc3ncnc4sc5c(c34)CN(C(=O)/C=C/CN(C)C)CC5)cc2C)cn1. The van der Waals surface area contributed by atoms with Gasteiger partial charge in [0.1, 0.15) is 28.5 Å². The average molecular weight is 515 g/mol. The Labute approximate surface area is 220 Å². The van der Waals surface area contributed by atoms with E-state index in [2.05, 4.69) is 20.3 Å². The lowest BCUT2D eigenvalue weighted by atomic mass is 10.1. The van der Waals surface area contributed by atoms with Crippen molar-refractivity contribution in [3.63, 3.8) is 0 Å². The van der Waals surface area contributed by atoms with Gasteiger partial charge in [0.15, 0.2) is 0 Å². The van der Waals surface area contributed by atoms with Crippen molar-refractivity contribution in [2.45, 2.75) is 26.8 Å². The van der Waals surface area contributed by atoms with Gasteiger partial charge in [-0.25, -0.2) is 9.97 Å². The van der Waals surface area contributed by atoms with E-state index >= 15 is 0 Å². The average Bonchev–Trinajstić information content (AvgIpc) is 3.25. The Kier molecular flexibility index (Phi) is 7.16. The van der Waals surface area contributed by atoms with Gasteiger partial charge in [0.2, 0.25) is 5.91 Å². The van der Waals surface area contributed by atoms with E-state index in [-0.39, 0.29) is 5.91 Å². The van der Waals surface area contributed by atoms with E-state index in [1.165, 1.54) is 4.88 Å². The summed E-state index contributed by atoms with van der Waals surface area (Å²) in [6.07, 6.45) is 7.72. The van der Waals surface area contributed by atoms with Gasteiger partial charge in [0, 0.05) is 42.0 Å². The van der Waals surface area contributed by atoms with Gasteiger partial charge in [-0.3, -0.25) is 9.78 Å². The normalized spacial score (nSPS) is 13.4. The molecule has 1 aliphatic rings. The maximum absolute atomic E-state index is 12.8. The summed E-state index contributed by atoms with van der Waals surface area (Å²) in [6.45, 7) is 5.96. The Balaban J connectivity index is 1.37. The number of pyridine rings is 1. The standard InChI is InChI=1S/C28H30N6O2S/c1-18-14-20(8-10-23(18)36-21-9-7-19(2)29-15-21)32-27-26-22-16-34(25(35)6-5-12-33(3)4)13-11-24(22)37-28(26)31-17-30-27/h5-10,14-15,17H,11-13,16H2,1-4H3,(H,30,31,32)/b6-5+. The minimum Gasteiger partial charge on any atom is -0.455 e. The van der Waals surface area contributed by atoms with Gasteiger partial charge in [-0.15, -0.1) is 11.3 Å². The number of nitrogens with zero attached hydrogens (tertiary/aromatic N) is 5. The number of aryl methyl sites for hydroxylation is 2. The van der Waals surface area contributed by atoms with Crippen LogP contribution in [0.1, 0.15) is 21.7 Å². The third-order valence-electron chi connectivity index (χ3n) is 6.22. The Morgan fingerprint density at radius 2 is 2.05 bits per heavy atom. The fraction of sp³-hybridized carbons (Fsp3) is 0.286. The van der Waals surface area contributed by atoms with Crippen molar-refractivity contribution in [3.05, 3.63) is 76.7 Å². The summed E-state index contributed by atoms with van der Waals surface area (Å²) in [5, 5.41) is 4.47. The zero-order valence-electron chi connectivity index (χ0n) is 21.5. The van der Waals surface area contributed by atoms with Gasteiger partial charge in [0.05, 0.1) is 11.6 Å². The largest absolute Gasteiger partial charge is 0.455 e. The van der Waals surface area contributed by atoms with Crippen LogP contribution in [0.5, 0.6) is 11.5 Å². The van der Waals surface area contributed by atoms with Gasteiger partial charge >= 0.3 is 0 Å². The summed E-state index contributed by atoms with van der Waals surface area (Å²) in [5.41, 5.74) is 3.97. The minimum absolute atomic E-state index is 0.0354. The van der Waals surface area contributed by atoms with E-state index in [4.69, 9.17) is 4.74 Å². The molecule has 190 valence electrons. The molecule has 1 N–H and O–H groups in total. The maximum Gasteiger partial charge on any atom is 0.246 e. The molecular formula is C28H30N6O2S. The van der Waals surface area contributed by atoms with Crippen molar-refractivity contribution < 1.29 is 9.53 Å². The van der Waals surface area contributed by atoms with E-state index in [9.17, 15) is 4.79 Å². The molecule has 8 nitrogen and oxygen atoms in total. The second-order valence-corrected chi connectivity index (χ2v) is 10.5. The Morgan fingerprint density at radius 3 is 2.81 bits per heavy atom. The summed E-state index contributed by atoms with van der Waals surface area (Å²) in [6, 6.07) is 9.80. The third-order valence-corrected chi connectivity index (χ3v) is 7.42. The van der Waals surface area contributed by atoms with Gasteiger partial charge in [-0.2, -0.15) is 0 Å². The number of amides is 1. The molecule has 0 radical (unpaired) electrons. The number of hydrogen-bond acceptors (Lipinski definition) is 8. The first-order valence-corrected chi connectivity index (χ1v) is 13.0. The molecule has 0 atom stereocenters. The Bertz CT molecular complexity index is 1460. The van der Waals surface area contributed by atoms with Crippen molar-refractivity contribution in [1.82, 2.24) is 24.8 Å². The topological polar surface area (TPSA) is 83.5 Å². The lowest BCUT2D eigenvalue weighted by Gasteiger charge is -2.26. The molecule has 3 aromatic heterocycles. The van der Waals surface area contributed by atoms with Gasteiger partial charge < -0.3 is 19.9 Å². The van der Waals surface area contributed by atoms with E-state index < -0.39 is 0 Å². The highest BCUT2D eigenvalue weighted by atomic mass is 32.1.